The van der Waals surface area contributed by atoms with E-state index in [1.807, 2.05) is 0 Å². The topological polar surface area (TPSA) is 99.7 Å². The normalized spacial score (nSPS) is 16.8. The van der Waals surface area contributed by atoms with Crippen molar-refractivity contribution in [3.05, 3.63) is 104 Å². The molecule has 2 aromatic carbocycles. The number of pyridine rings is 2. The van der Waals surface area contributed by atoms with Crippen molar-refractivity contribution in [1.29, 1.82) is 0 Å². The number of benzene rings is 2. The van der Waals surface area contributed by atoms with Crippen LogP contribution in [0.3, 0.4) is 0 Å². The molecule has 0 radical (unpaired) electrons. The van der Waals surface area contributed by atoms with Gasteiger partial charge in [0.15, 0.2) is 17.6 Å². The van der Waals surface area contributed by atoms with Crippen molar-refractivity contribution >= 4 is 44.2 Å². The quantitative estimate of drug-likeness (QED) is 0.203. The number of aromatic nitrogens is 2. The Morgan fingerprint density at radius 2 is 1.82 bits per heavy atom. The van der Waals surface area contributed by atoms with Gasteiger partial charge in [-0.3, -0.25) is 4.79 Å². The van der Waals surface area contributed by atoms with Crippen LogP contribution in [0.4, 0.5) is 13.2 Å². The lowest BCUT2D eigenvalue weighted by Crippen LogP contribution is -2.31. The smallest absolute Gasteiger partial charge is 0.283 e. The number of carbonyl (C=O) groups is 1. The molecule has 12 heteroatoms. The van der Waals surface area contributed by atoms with Crippen molar-refractivity contribution < 1.29 is 27.4 Å². The Morgan fingerprint density at radius 3 is 2.50 bits per heavy atom. The molecule has 0 unspecified atom stereocenters. The number of hydrogen-bond donors (Lipinski definition) is 1. The number of aldehydes is 1. The molecule has 192 valence electrons. The van der Waals surface area contributed by atoms with Crippen LogP contribution in [0.15, 0.2) is 74.9 Å². The van der Waals surface area contributed by atoms with Gasteiger partial charge in [-0.05, 0) is 70.0 Å². The predicted molar refractivity (Wildman–Crippen MR) is 139 cm³/mol. The maximum atomic E-state index is 14.5. The van der Waals surface area contributed by atoms with Crippen LogP contribution in [-0.4, -0.2) is 28.9 Å². The molecule has 2 aliphatic heterocycles. The summed E-state index contributed by atoms with van der Waals surface area (Å²) in [5, 5.41) is 0. The highest BCUT2D eigenvalue weighted by Gasteiger charge is 2.48. The Kier molecular flexibility index (Phi) is 6.93. The van der Waals surface area contributed by atoms with E-state index in [0.29, 0.717) is 38.8 Å². The zero-order valence-corrected chi connectivity index (χ0v) is 22.3. The molecule has 0 saturated heterocycles. The van der Waals surface area contributed by atoms with Crippen molar-refractivity contribution in [3.8, 4) is 22.6 Å². The highest BCUT2D eigenvalue weighted by molar-refractivity contribution is 9.10. The van der Waals surface area contributed by atoms with E-state index in [1.54, 1.807) is 42.5 Å². The maximum Gasteiger partial charge on any atom is 0.283 e. The minimum Gasteiger partial charge on any atom is -0.462 e. The molecule has 0 saturated carbocycles. The Bertz CT molecular complexity index is 1620. The largest absolute Gasteiger partial charge is 0.462 e. The number of amidine groups is 1. The molecule has 0 fully saturated rings. The monoisotopic (exact) mass is 646 g/mol. The second-order valence-electron chi connectivity index (χ2n) is 8.15. The molecule has 0 amide bonds. The summed E-state index contributed by atoms with van der Waals surface area (Å²) < 4.78 is 53.4. The Morgan fingerprint density at radius 1 is 1.00 bits per heavy atom. The van der Waals surface area contributed by atoms with Crippen LogP contribution in [-0.2, 0) is 10.3 Å². The molecule has 7 nitrogen and oxygen atoms in total. The van der Waals surface area contributed by atoms with Gasteiger partial charge in [-0.25, -0.2) is 19.4 Å². The Hall–Kier alpha value is -3.77. The van der Waals surface area contributed by atoms with Crippen LogP contribution in [0.25, 0.3) is 11.1 Å². The van der Waals surface area contributed by atoms with E-state index in [1.165, 1.54) is 18.3 Å². The first-order valence-corrected chi connectivity index (χ1v) is 12.5. The van der Waals surface area contributed by atoms with Crippen molar-refractivity contribution in [3.63, 3.8) is 0 Å². The number of hydrogen-bond acceptors (Lipinski definition) is 7. The summed E-state index contributed by atoms with van der Waals surface area (Å²) in [6.45, 7) is 0.0526. The molecule has 38 heavy (non-hydrogen) atoms. The molecule has 4 heterocycles. The lowest BCUT2D eigenvalue weighted by atomic mass is 9.81. The zero-order valence-electron chi connectivity index (χ0n) is 19.1. The fraction of sp³-hybridized carbons (Fsp3) is 0.0769. The third-order valence-corrected chi connectivity index (χ3v) is 6.77. The highest BCUT2D eigenvalue weighted by atomic mass is 79.9. The van der Waals surface area contributed by atoms with Crippen molar-refractivity contribution in [2.24, 2.45) is 10.7 Å². The number of halogens is 5. The van der Waals surface area contributed by atoms with Gasteiger partial charge in [-0.2, -0.15) is 8.78 Å². The Balaban J connectivity index is 0.000000249. The average molecular weight is 648 g/mol. The number of carbonyl (C=O) groups excluding carboxylic acids is 1. The molecular formula is C26H15Br2F3N4O3. The highest BCUT2D eigenvalue weighted by Crippen LogP contribution is 2.52. The standard InChI is InChI=1S/C19H11BrF2N4O2.C7H4BrFO/c20-14-7-12-15(17(22)25-14)28-13-4-3-9(10-2-1-5-24-16(10)21)6-11(13)19(12)8-27-18(23)26-19;8-6-1-2-7(9)5(3-6)4-10/h1-7H,8H2,(H2,23,26);1-4H/t19-;/m0./s1. The minimum atomic E-state index is -1.13. The molecule has 2 N–H and O–H groups in total. The first-order valence-electron chi connectivity index (χ1n) is 10.9. The van der Waals surface area contributed by atoms with E-state index < -0.39 is 23.3 Å². The zero-order chi connectivity index (χ0) is 27.0. The van der Waals surface area contributed by atoms with E-state index in [0.717, 1.165) is 0 Å². The fourth-order valence-corrected chi connectivity index (χ4v) is 4.92. The van der Waals surface area contributed by atoms with Crippen LogP contribution in [0.1, 0.15) is 21.5 Å². The second kappa shape index (κ2) is 10.2. The molecule has 1 atom stereocenters. The van der Waals surface area contributed by atoms with Gasteiger partial charge in [-0.15, -0.1) is 0 Å². The van der Waals surface area contributed by atoms with Crippen molar-refractivity contribution in [1.82, 2.24) is 9.97 Å². The van der Waals surface area contributed by atoms with Gasteiger partial charge < -0.3 is 15.2 Å². The molecule has 0 aliphatic carbocycles. The molecule has 6 rings (SSSR count). The summed E-state index contributed by atoms with van der Waals surface area (Å²) in [5.41, 5.74) is 6.65. The van der Waals surface area contributed by atoms with Crippen LogP contribution < -0.4 is 10.5 Å². The average Bonchev–Trinajstić information content (AvgIpc) is 3.29. The van der Waals surface area contributed by atoms with Gasteiger partial charge in [0.25, 0.3) is 12.0 Å². The third kappa shape index (κ3) is 4.65. The van der Waals surface area contributed by atoms with Gasteiger partial charge in [0.05, 0.1) is 5.56 Å². The van der Waals surface area contributed by atoms with Gasteiger partial charge in [-0.1, -0.05) is 22.0 Å². The number of rotatable bonds is 2. The lowest BCUT2D eigenvalue weighted by molar-refractivity contribution is 0.111. The summed E-state index contributed by atoms with van der Waals surface area (Å²) >= 11 is 6.31. The van der Waals surface area contributed by atoms with Gasteiger partial charge in [0.1, 0.15) is 22.8 Å². The molecule has 2 aromatic heterocycles. The minimum absolute atomic E-state index is 0.0231. The Labute approximate surface area is 230 Å². The third-order valence-electron chi connectivity index (χ3n) is 5.87. The van der Waals surface area contributed by atoms with E-state index >= 15 is 0 Å². The predicted octanol–water partition coefficient (Wildman–Crippen LogP) is 6.28. The maximum absolute atomic E-state index is 14.5. The molecular weight excluding hydrogens is 633 g/mol. The molecule has 2 aliphatic rings. The lowest BCUT2D eigenvalue weighted by Gasteiger charge is -2.33. The molecule has 0 bridgehead atoms. The molecule has 4 aromatic rings. The summed E-state index contributed by atoms with van der Waals surface area (Å²) in [4.78, 5) is 22.0. The van der Waals surface area contributed by atoms with E-state index in [4.69, 9.17) is 15.2 Å². The number of fused-ring (bicyclic) bond motifs is 4. The number of nitrogens with two attached hydrogens (primary N) is 1. The number of aliphatic imine (C=N–C) groups is 1. The summed E-state index contributed by atoms with van der Waals surface area (Å²) in [5.74, 6) is -1.54. The molecule has 1 spiro atoms. The first-order chi connectivity index (χ1) is 18.2. The summed E-state index contributed by atoms with van der Waals surface area (Å²) in [7, 11) is 0. The summed E-state index contributed by atoms with van der Waals surface area (Å²) in [6.07, 6.45) is 1.86. The number of ether oxygens (including phenoxy) is 2. The first kappa shape index (κ1) is 25.9. The van der Waals surface area contributed by atoms with Crippen LogP contribution in [0.5, 0.6) is 11.5 Å². The van der Waals surface area contributed by atoms with Gasteiger partial charge in [0, 0.05) is 27.4 Å². The van der Waals surface area contributed by atoms with Crippen LogP contribution >= 0.6 is 31.9 Å². The van der Waals surface area contributed by atoms with Crippen LogP contribution in [0, 0.1) is 17.7 Å². The fourth-order valence-electron chi connectivity index (χ4n) is 4.15. The van der Waals surface area contributed by atoms with E-state index in [9.17, 15) is 18.0 Å². The number of nitrogens with zero attached hydrogens (tertiary/aromatic N) is 3. The van der Waals surface area contributed by atoms with Crippen LogP contribution in [0.2, 0.25) is 0 Å². The summed E-state index contributed by atoms with van der Waals surface area (Å²) in [6, 6.07) is 14.1. The second-order valence-corrected chi connectivity index (χ2v) is 9.88. The SMILES string of the molecule is NC1=N[C@@]2(CO1)c1cc(-c3cccnc3F)ccc1Oc1c2cc(Br)nc1F.O=Cc1cc(Br)ccc1F. The van der Waals surface area contributed by atoms with Gasteiger partial charge in [0.2, 0.25) is 5.95 Å². The van der Waals surface area contributed by atoms with Crippen molar-refractivity contribution in [2.45, 2.75) is 5.54 Å². The van der Waals surface area contributed by atoms with E-state index in [-0.39, 0.29) is 28.5 Å². The van der Waals surface area contributed by atoms with Crippen molar-refractivity contribution in [2.75, 3.05) is 6.61 Å². The van der Waals surface area contributed by atoms with Gasteiger partial charge >= 0.3 is 0 Å². The van der Waals surface area contributed by atoms with E-state index in [2.05, 4.69) is 46.8 Å².